The number of aliphatic hydroxyl groups is 1. The van der Waals surface area contributed by atoms with Crippen LogP contribution in [0.3, 0.4) is 0 Å². The van der Waals surface area contributed by atoms with Crippen molar-refractivity contribution in [3.05, 3.63) is 29.6 Å². The number of aliphatic hydroxyl groups excluding tert-OH is 1. The lowest BCUT2D eigenvalue weighted by atomic mass is 9.97. The zero-order valence-corrected chi connectivity index (χ0v) is 9.53. The lowest BCUT2D eigenvalue weighted by Crippen LogP contribution is -2.21. The van der Waals surface area contributed by atoms with E-state index in [1.54, 1.807) is 0 Å². The third-order valence-corrected chi connectivity index (χ3v) is 3.54. The van der Waals surface area contributed by atoms with E-state index in [-0.39, 0.29) is 11.5 Å². The number of rotatable bonds is 4. The Morgan fingerprint density at radius 3 is 2.67 bits per heavy atom. The lowest BCUT2D eigenvalue weighted by molar-refractivity contribution is 0.102. The van der Waals surface area contributed by atoms with E-state index in [0.29, 0.717) is 6.42 Å². The van der Waals surface area contributed by atoms with Crippen LogP contribution in [-0.4, -0.2) is 16.2 Å². The number of aromatic nitrogens is 1. The van der Waals surface area contributed by atoms with Crippen LogP contribution < -0.4 is 0 Å². The van der Waals surface area contributed by atoms with Gasteiger partial charge < -0.3 is 5.11 Å². The molecular weight excluding hydrogens is 186 g/mol. The summed E-state index contributed by atoms with van der Waals surface area (Å²) in [6.45, 7) is 4.27. The van der Waals surface area contributed by atoms with Crippen molar-refractivity contribution in [2.75, 3.05) is 0 Å². The van der Waals surface area contributed by atoms with Gasteiger partial charge >= 0.3 is 0 Å². The van der Waals surface area contributed by atoms with Gasteiger partial charge in [-0.2, -0.15) is 0 Å². The second kappa shape index (κ2) is 3.93. The maximum absolute atomic E-state index is 9.99. The van der Waals surface area contributed by atoms with Crippen molar-refractivity contribution in [2.24, 2.45) is 5.41 Å². The maximum atomic E-state index is 9.99. The van der Waals surface area contributed by atoms with E-state index in [1.165, 1.54) is 5.56 Å². The Morgan fingerprint density at radius 2 is 2.20 bits per heavy atom. The van der Waals surface area contributed by atoms with Gasteiger partial charge in [0, 0.05) is 18.3 Å². The van der Waals surface area contributed by atoms with Gasteiger partial charge in [0.2, 0.25) is 0 Å². The summed E-state index contributed by atoms with van der Waals surface area (Å²) in [7, 11) is 0. The van der Waals surface area contributed by atoms with Crippen LogP contribution in [0.2, 0.25) is 0 Å². The quantitative estimate of drug-likeness (QED) is 0.818. The van der Waals surface area contributed by atoms with Gasteiger partial charge in [-0.25, -0.2) is 0 Å². The smallest absolute Gasteiger partial charge is 0.0649 e. The van der Waals surface area contributed by atoms with Crippen LogP contribution in [0.15, 0.2) is 18.3 Å². The molecule has 1 aliphatic carbocycles. The van der Waals surface area contributed by atoms with Crippen LogP contribution in [0.4, 0.5) is 0 Å². The molecule has 2 rings (SSSR count). The minimum Gasteiger partial charge on any atom is -0.392 e. The lowest BCUT2D eigenvalue weighted by Gasteiger charge is -2.16. The molecule has 1 aromatic rings. The monoisotopic (exact) mass is 205 g/mol. The predicted molar refractivity (Wildman–Crippen MR) is 60.7 cm³/mol. The van der Waals surface area contributed by atoms with Gasteiger partial charge in [-0.1, -0.05) is 19.9 Å². The van der Waals surface area contributed by atoms with Crippen molar-refractivity contribution in [2.45, 2.75) is 45.6 Å². The van der Waals surface area contributed by atoms with Crippen molar-refractivity contribution >= 4 is 0 Å². The molecule has 0 aromatic carbocycles. The average Bonchev–Trinajstić information content (AvgIpc) is 2.99. The molecule has 0 bridgehead atoms. The molecule has 0 saturated heterocycles. The molecule has 1 N–H and O–H groups in total. The molecule has 0 radical (unpaired) electrons. The molecule has 1 atom stereocenters. The van der Waals surface area contributed by atoms with E-state index >= 15 is 0 Å². The van der Waals surface area contributed by atoms with Gasteiger partial charge in [-0.3, -0.25) is 4.98 Å². The van der Waals surface area contributed by atoms with Crippen LogP contribution >= 0.6 is 0 Å². The van der Waals surface area contributed by atoms with E-state index < -0.39 is 0 Å². The predicted octanol–water partition coefficient (Wildman–Crippen LogP) is 2.35. The summed E-state index contributed by atoms with van der Waals surface area (Å²) in [6, 6.07) is 4.14. The molecule has 0 aliphatic heterocycles. The van der Waals surface area contributed by atoms with E-state index in [0.717, 1.165) is 25.0 Å². The van der Waals surface area contributed by atoms with E-state index in [9.17, 15) is 5.11 Å². The maximum Gasteiger partial charge on any atom is 0.0649 e. The number of hydrogen-bond acceptors (Lipinski definition) is 2. The molecule has 0 spiro atoms. The molecular formula is C13H19NO. The number of aryl methyl sites for hydroxylation is 1. The molecule has 1 fully saturated rings. The molecule has 2 nitrogen and oxygen atoms in total. The van der Waals surface area contributed by atoms with E-state index in [4.69, 9.17) is 0 Å². The summed E-state index contributed by atoms with van der Waals surface area (Å²) >= 11 is 0. The highest BCUT2D eigenvalue weighted by Crippen LogP contribution is 2.48. The molecule has 0 amide bonds. The Morgan fingerprint density at radius 1 is 1.47 bits per heavy atom. The highest BCUT2D eigenvalue weighted by atomic mass is 16.3. The first-order valence-electron chi connectivity index (χ1n) is 5.76. The highest BCUT2D eigenvalue weighted by molar-refractivity contribution is 5.15. The topological polar surface area (TPSA) is 33.1 Å². The fourth-order valence-electron chi connectivity index (χ4n) is 1.76. The summed E-state index contributed by atoms with van der Waals surface area (Å²) in [4.78, 5) is 4.37. The second-order valence-corrected chi connectivity index (χ2v) is 4.89. The minimum atomic E-state index is -0.225. The Balaban J connectivity index is 1.98. The number of hydrogen-bond donors (Lipinski definition) is 1. The van der Waals surface area contributed by atoms with E-state index in [1.807, 2.05) is 12.3 Å². The Kier molecular flexibility index (Phi) is 2.79. The minimum absolute atomic E-state index is 0.172. The van der Waals surface area contributed by atoms with Gasteiger partial charge in [-0.15, -0.1) is 0 Å². The number of pyridine rings is 1. The average molecular weight is 205 g/mol. The van der Waals surface area contributed by atoms with Crippen LogP contribution in [-0.2, 0) is 12.8 Å². The third-order valence-electron chi connectivity index (χ3n) is 3.54. The van der Waals surface area contributed by atoms with Gasteiger partial charge in [0.15, 0.2) is 0 Å². The summed E-state index contributed by atoms with van der Waals surface area (Å²) in [5.41, 5.74) is 2.43. The molecule has 1 unspecified atom stereocenters. The Hall–Kier alpha value is -0.890. The zero-order chi connectivity index (χ0) is 10.9. The van der Waals surface area contributed by atoms with Gasteiger partial charge in [0.1, 0.15) is 0 Å². The highest BCUT2D eigenvalue weighted by Gasteiger charge is 2.43. The first kappa shape index (κ1) is 10.6. The van der Waals surface area contributed by atoms with Crippen molar-refractivity contribution < 1.29 is 5.11 Å². The zero-order valence-electron chi connectivity index (χ0n) is 9.53. The van der Waals surface area contributed by atoms with Crippen molar-refractivity contribution in [1.29, 1.82) is 0 Å². The Labute approximate surface area is 91.4 Å². The fourth-order valence-corrected chi connectivity index (χ4v) is 1.76. The first-order valence-corrected chi connectivity index (χ1v) is 5.76. The van der Waals surface area contributed by atoms with E-state index in [2.05, 4.69) is 24.9 Å². The SMILES string of the molecule is CCc1ccc(CC(O)C2(C)CC2)nc1. The molecule has 1 saturated carbocycles. The summed E-state index contributed by atoms with van der Waals surface area (Å²) < 4.78 is 0. The molecule has 1 aromatic heterocycles. The molecule has 15 heavy (non-hydrogen) atoms. The van der Waals surface area contributed by atoms with Crippen molar-refractivity contribution in [3.63, 3.8) is 0 Å². The summed E-state index contributed by atoms with van der Waals surface area (Å²) in [6.07, 6.45) is 5.71. The summed E-state index contributed by atoms with van der Waals surface area (Å²) in [5.74, 6) is 0. The second-order valence-electron chi connectivity index (χ2n) is 4.89. The molecule has 1 heterocycles. The van der Waals surface area contributed by atoms with Crippen LogP contribution in [0.1, 0.15) is 37.9 Å². The fraction of sp³-hybridized carbons (Fsp3) is 0.615. The third kappa shape index (κ3) is 2.37. The normalized spacial score (nSPS) is 19.9. The Bertz CT molecular complexity index is 327. The molecule has 82 valence electrons. The van der Waals surface area contributed by atoms with Crippen LogP contribution in [0.5, 0.6) is 0 Å². The van der Waals surface area contributed by atoms with Crippen molar-refractivity contribution in [1.82, 2.24) is 4.98 Å². The standard InChI is InChI=1S/C13H19NO/c1-3-10-4-5-11(14-9-10)8-12(15)13(2)6-7-13/h4-5,9,12,15H,3,6-8H2,1-2H3. The van der Waals surface area contributed by atoms with Gasteiger partial charge in [-0.05, 0) is 36.3 Å². The van der Waals surface area contributed by atoms with Crippen LogP contribution in [0, 0.1) is 5.41 Å². The number of nitrogens with zero attached hydrogens (tertiary/aromatic N) is 1. The van der Waals surface area contributed by atoms with Crippen molar-refractivity contribution in [3.8, 4) is 0 Å². The largest absolute Gasteiger partial charge is 0.392 e. The van der Waals surface area contributed by atoms with Gasteiger partial charge in [0.25, 0.3) is 0 Å². The summed E-state index contributed by atoms with van der Waals surface area (Å²) in [5, 5.41) is 9.99. The molecule has 2 heteroatoms. The first-order chi connectivity index (χ1) is 7.14. The van der Waals surface area contributed by atoms with Gasteiger partial charge in [0.05, 0.1) is 6.10 Å². The molecule has 1 aliphatic rings. The van der Waals surface area contributed by atoms with Crippen LogP contribution in [0.25, 0.3) is 0 Å².